The van der Waals surface area contributed by atoms with Gasteiger partial charge in [0.25, 0.3) is 0 Å². The smallest absolute Gasteiger partial charge is 0.244 e. The highest BCUT2D eigenvalue weighted by molar-refractivity contribution is 5.78. The van der Waals surface area contributed by atoms with Crippen LogP contribution in [0.3, 0.4) is 0 Å². The number of aryl methyl sites for hydroxylation is 1. The van der Waals surface area contributed by atoms with Crippen LogP contribution in [0.15, 0.2) is 71.3 Å². The zero-order valence-electron chi connectivity index (χ0n) is 19.0. The average Bonchev–Trinajstić information content (AvgIpc) is 3.51. The SMILES string of the molecule is Cc1cnc(C2CCN(C(=O)Cn3nc(-c4cccc(C#N)c4)cc3-c3ccccc3)CC2)o1. The predicted molar refractivity (Wildman–Crippen MR) is 128 cm³/mol. The lowest BCUT2D eigenvalue weighted by Gasteiger charge is -2.30. The van der Waals surface area contributed by atoms with Gasteiger partial charge in [0, 0.05) is 24.6 Å². The molecule has 7 heteroatoms. The lowest BCUT2D eigenvalue weighted by molar-refractivity contribution is -0.133. The van der Waals surface area contributed by atoms with Gasteiger partial charge in [-0.25, -0.2) is 4.98 Å². The van der Waals surface area contributed by atoms with Crippen molar-refractivity contribution in [1.82, 2.24) is 19.7 Å². The molecule has 0 spiro atoms. The van der Waals surface area contributed by atoms with Crippen molar-refractivity contribution < 1.29 is 9.21 Å². The number of rotatable bonds is 5. The van der Waals surface area contributed by atoms with Crippen molar-refractivity contribution in [2.75, 3.05) is 13.1 Å². The summed E-state index contributed by atoms with van der Waals surface area (Å²) in [4.78, 5) is 19.5. The molecule has 1 amide bonds. The van der Waals surface area contributed by atoms with E-state index in [0.29, 0.717) is 18.7 Å². The number of hydrogen-bond donors (Lipinski definition) is 0. The van der Waals surface area contributed by atoms with E-state index in [0.717, 1.165) is 47.0 Å². The van der Waals surface area contributed by atoms with E-state index in [1.54, 1.807) is 16.9 Å². The Labute approximate surface area is 198 Å². The topological polar surface area (TPSA) is 88.0 Å². The maximum atomic E-state index is 13.2. The zero-order valence-corrected chi connectivity index (χ0v) is 19.0. The first-order chi connectivity index (χ1) is 16.6. The predicted octanol–water partition coefficient (Wildman–Crippen LogP) is 4.79. The van der Waals surface area contributed by atoms with E-state index < -0.39 is 0 Å². The molecule has 7 nitrogen and oxygen atoms in total. The lowest BCUT2D eigenvalue weighted by Crippen LogP contribution is -2.40. The zero-order chi connectivity index (χ0) is 23.5. The Hall–Kier alpha value is -4.18. The summed E-state index contributed by atoms with van der Waals surface area (Å²) in [6, 6.07) is 21.5. The van der Waals surface area contributed by atoms with E-state index in [-0.39, 0.29) is 18.4 Å². The van der Waals surface area contributed by atoms with Gasteiger partial charge >= 0.3 is 0 Å². The Morgan fingerprint density at radius 3 is 2.56 bits per heavy atom. The van der Waals surface area contributed by atoms with E-state index in [2.05, 4.69) is 11.1 Å². The number of amides is 1. The highest BCUT2D eigenvalue weighted by Gasteiger charge is 2.27. The fourth-order valence-electron chi connectivity index (χ4n) is 4.43. The quantitative estimate of drug-likeness (QED) is 0.435. The molecule has 2 aromatic heterocycles. The largest absolute Gasteiger partial charge is 0.446 e. The first-order valence-electron chi connectivity index (χ1n) is 11.4. The van der Waals surface area contributed by atoms with Crippen molar-refractivity contribution >= 4 is 5.91 Å². The van der Waals surface area contributed by atoms with Gasteiger partial charge in [0.05, 0.1) is 29.2 Å². The van der Waals surface area contributed by atoms with Gasteiger partial charge in [-0.15, -0.1) is 0 Å². The molecule has 1 aliphatic rings. The first kappa shape index (κ1) is 21.7. The number of nitrogens with zero attached hydrogens (tertiary/aromatic N) is 5. The summed E-state index contributed by atoms with van der Waals surface area (Å²) >= 11 is 0. The molecule has 0 atom stereocenters. The van der Waals surface area contributed by atoms with Crippen LogP contribution in [0.25, 0.3) is 22.5 Å². The maximum Gasteiger partial charge on any atom is 0.244 e. The molecule has 1 saturated heterocycles. The monoisotopic (exact) mass is 451 g/mol. The molecule has 2 aromatic carbocycles. The Kier molecular flexibility index (Phi) is 5.96. The number of benzene rings is 2. The van der Waals surface area contributed by atoms with Crippen LogP contribution in [0.5, 0.6) is 0 Å². The van der Waals surface area contributed by atoms with Crippen LogP contribution in [0.4, 0.5) is 0 Å². The van der Waals surface area contributed by atoms with Crippen molar-refractivity contribution in [2.24, 2.45) is 0 Å². The highest BCUT2D eigenvalue weighted by atomic mass is 16.4. The minimum Gasteiger partial charge on any atom is -0.446 e. The van der Waals surface area contributed by atoms with Crippen molar-refractivity contribution in [3.63, 3.8) is 0 Å². The fourth-order valence-corrected chi connectivity index (χ4v) is 4.43. The van der Waals surface area contributed by atoms with Crippen LogP contribution < -0.4 is 0 Å². The van der Waals surface area contributed by atoms with Crippen LogP contribution in [0.2, 0.25) is 0 Å². The maximum absolute atomic E-state index is 13.2. The number of nitriles is 1. The van der Waals surface area contributed by atoms with E-state index in [1.165, 1.54) is 0 Å². The van der Waals surface area contributed by atoms with E-state index in [9.17, 15) is 10.1 Å². The van der Waals surface area contributed by atoms with Gasteiger partial charge < -0.3 is 9.32 Å². The molecule has 1 fully saturated rings. The summed E-state index contributed by atoms with van der Waals surface area (Å²) in [5.74, 6) is 1.88. The number of oxazole rings is 1. The Morgan fingerprint density at radius 1 is 1.09 bits per heavy atom. The van der Waals surface area contributed by atoms with Crippen molar-refractivity contribution in [1.29, 1.82) is 5.26 Å². The van der Waals surface area contributed by atoms with Crippen LogP contribution in [0.1, 0.15) is 36.0 Å². The standard InChI is InChI=1S/C27H25N5O2/c1-19-17-29-27(34-19)22-10-12-31(13-11-22)26(33)18-32-25(21-7-3-2-4-8-21)15-24(30-32)23-9-5-6-20(14-23)16-28/h2-9,14-15,17,22H,10-13,18H2,1H3. The first-order valence-corrected chi connectivity index (χ1v) is 11.4. The van der Waals surface area contributed by atoms with Gasteiger partial charge in [-0.1, -0.05) is 42.5 Å². The average molecular weight is 452 g/mol. The van der Waals surface area contributed by atoms with Crippen molar-refractivity contribution in [3.8, 4) is 28.6 Å². The second-order valence-electron chi connectivity index (χ2n) is 8.60. The van der Waals surface area contributed by atoms with E-state index >= 15 is 0 Å². The third-order valence-corrected chi connectivity index (χ3v) is 6.26. The second-order valence-corrected chi connectivity index (χ2v) is 8.60. The van der Waals surface area contributed by atoms with Crippen molar-refractivity contribution in [3.05, 3.63) is 84.1 Å². The van der Waals surface area contributed by atoms with Crippen LogP contribution in [0, 0.1) is 18.3 Å². The molecular weight excluding hydrogens is 426 g/mol. The van der Waals surface area contributed by atoms with Gasteiger partial charge in [-0.2, -0.15) is 10.4 Å². The molecular formula is C27H25N5O2. The number of hydrogen-bond acceptors (Lipinski definition) is 5. The lowest BCUT2D eigenvalue weighted by atomic mass is 9.97. The molecule has 5 rings (SSSR count). The fraction of sp³-hybridized carbons (Fsp3) is 0.259. The van der Waals surface area contributed by atoms with Crippen LogP contribution in [-0.4, -0.2) is 38.7 Å². The normalized spacial score (nSPS) is 14.2. The summed E-state index contributed by atoms with van der Waals surface area (Å²) in [7, 11) is 0. The third kappa shape index (κ3) is 4.48. The van der Waals surface area contributed by atoms with Gasteiger partial charge in [-0.3, -0.25) is 9.48 Å². The molecule has 34 heavy (non-hydrogen) atoms. The Balaban J connectivity index is 1.36. The van der Waals surface area contributed by atoms with Gasteiger partial charge in [-0.05, 0) is 43.5 Å². The minimum absolute atomic E-state index is 0.0413. The molecule has 0 unspecified atom stereocenters. The molecule has 0 radical (unpaired) electrons. The van der Waals surface area contributed by atoms with Gasteiger partial charge in [0.15, 0.2) is 5.89 Å². The molecule has 3 heterocycles. The van der Waals surface area contributed by atoms with Gasteiger partial charge in [0.1, 0.15) is 12.3 Å². The molecule has 1 aliphatic heterocycles. The molecule has 170 valence electrons. The number of aromatic nitrogens is 3. The summed E-state index contributed by atoms with van der Waals surface area (Å²) < 4.78 is 7.46. The number of carbonyl (C=O) groups excluding carboxylic acids is 1. The molecule has 0 saturated carbocycles. The number of likely N-dealkylation sites (tertiary alicyclic amines) is 1. The van der Waals surface area contributed by atoms with Gasteiger partial charge in [0.2, 0.25) is 5.91 Å². The van der Waals surface area contributed by atoms with E-state index in [4.69, 9.17) is 9.52 Å². The minimum atomic E-state index is 0.0413. The molecule has 0 bridgehead atoms. The second kappa shape index (κ2) is 9.36. The summed E-state index contributed by atoms with van der Waals surface area (Å²) in [5.41, 5.74) is 4.03. The summed E-state index contributed by atoms with van der Waals surface area (Å²) in [6.07, 6.45) is 3.42. The molecule has 4 aromatic rings. The molecule has 0 aliphatic carbocycles. The van der Waals surface area contributed by atoms with Crippen LogP contribution in [-0.2, 0) is 11.3 Å². The molecule has 0 N–H and O–H groups in total. The third-order valence-electron chi connectivity index (χ3n) is 6.26. The van der Waals surface area contributed by atoms with Crippen molar-refractivity contribution in [2.45, 2.75) is 32.2 Å². The highest BCUT2D eigenvalue weighted by Crippen LogP contribution is 2.29. The van der Waals surface area contributed by atoms with E-state index in [1.807, 2.05) is 66.4 Å². The Morgan fingerprint density at radius 2 is 1.85 bits per heavy atom. The Bertz CT molecular complexity index is 1340. The van der Waals surface area contributed by atoms with Crippen LogP contribution >= 0.6 is 0 Å². The summed E-state index contributed by atoms with van der Waals surface area (Å²) in [5, 5.41) is 14.0. The summed E-state index contributed by atoms with van der Waals surface area (Å²) in [6.45, 7) is 3.40. The number of carbonyl (C=O) groups is 1. The number of piperidine rings is 1.